The molecule has 0 fully saturated rings. The van der Waals surface area contributed by atoms with Gasteiger partial charge in [-0.3, -0.25) is 10.0 Å². The topological polar surface area (TPSA) is 88.4 Å². The minimum atomic E-state index is -3.76. The molecule has 7 heteroatoms. The van der Waals surface area contributed by atoms with Gasteiger partial charge in [-0.1, -0.05) is 30.3 Å². The summed E-state index contributed by atoms with van der Waals surface area (Å²) in [6, 6.07) is 15.2. The highest BCUT2D eigenvalue weighted by atomic mass is 32.2. The second kappa shape index (κ2) is 6.31. The number of fused-ring (bicyclic) bond motifs is 1. The molecule has 0 radical (unpaired) electrons. The highest BCUT2D eigenvalue weighted by Gasteiger charge is 2.18. The average Bonchev–Trinajstić information content (AvgIpc) is 3.04. The van der Waals surface area contributed by atoms with Crippen molar-refractivity contribution in [2.75, 3.05) is 0 Å². The maximum Gasteiger partial charge on any atom is 0.268 e. The zero-order valence-corrected chi connectivity index (χ0v) is 13.3. The molecule has 3 rings (SSSR count). The van der Waals surface area contributed by atoms with Crippen LogP contribution in [0.4, 0.5) is 0 Å². The van der Waals surface area contributed by atoms with Gasteiger partial charge < -0.3 is 0 Å². The smallest absolute Gasteiger partial charge is 0.268 e. The molecule has 0 atom stereocenters. The number of carbonyl (C=O) groups is 1. The second-order valence-corrected chi connectivity index (χ2v) is 6.87. The van der Waals surface area contributed by atoms with Crippen molar-refractivity contribution in [3.63, 3.8) is 0 Å². The Morgan fingerprint density at radius 1 is 1.08 bits per heavy atom. The number of nitrogens with zero attached hydrogens (tertiary/aromatic N) is 1. The number of nitrogens with one attached hydrogen (secondary N) is 1. The molecule has 0 unspecified atom stereocenters. The van der Waals surface area contributed by atoms with Crippen molar-refractivity contribution >= 4 is 32.9 Å². The summed E-state index contributed by atoms with van der Waals surface area (Å²) in [6.45, 7) is 0. The third kappa shape index (κ3) is 2.94. The summed E-state index contributed by atoms with van der Waals surface area (Å²) in [5.41, 5.74) is 2.59. The third-order valence-electron chi connectivity index (χ3n) is 3.52. The number of hydroxylamine groups is 1. The fraction of sp³-hybridized carbons (Fsp3) is 0. The van der Waals surface area contributed by atoms with Crippen LogP contribution in [0.25, 0.3) is 17.0 Å². The zero-order chi connectivity index (χ0) is 17.2. The number of aromatic nitrogens is 1. The first-order chi connectivity index (χ1) is 11.5. The van der Waals surface area contributed by atoms with Crippen molar-refractivity contribution in [3.05, 3.63) is 72.4 Å². The monoisotopic (exact) mass is 342 g/mol. The molecule has 0 aliphatic rings. The van der Waals surface area contributed by atoms with Gasteiger partial charge in [-0.25, -0.2) is 17.9 Å². The molecule has 0 spiro atoms. The quantitative estimate of drug-likeness (QED) is 0.433. The normalized spacial score (nSPS) is 11.9. The first-order valence-corrected chi connectivity index (χ1v) is 8.50. The SMILES string of the molecule is O=C(/C=C/c1cccc(S(=O)(=O)n2ccc3ccccc32)c1)NO. The molecule has 0 saturated carbocycles. The highest BCUT2D eigenvalue weighted by molar-refractivity contribution is 7.90. The first kappa shape index (κ1) is 16.0. The summed E-state index contributed by atoms with van der Waals surface area (Å²) in [5, 5.41) is 9.30. The van der Waals surface area contributed by atoms with E-state index in [0.29, 0.717) is 11.1 Å². The van der Waals surface area contributed by atoms with E-state index >= 15 is 0 Å². The summed E-state index contributed by atoms with van der Waals surface area (Å²) >= 11 is 0. The van der Waals surface area contributed by atoms with E-state index in [-0.39, 0.29) is 4.90 Å². The lowest BCUT2D eigenvalue weighted by Crippen LogP contribution is -2.14. The molecule has 122 valence electrons. The molecule has 2 N–H and O–H groups in total. The van der Waals surface area contributed by atoms with E-state index in [2.05, 4.69) is 0 Å². The maximum absolute atomic E-state index is 12.9. The molecular weight excluding hydrogens is 328 g/mol. The Morgan fingerprint density at radius 3 is 2.67 bits per heavy atom. The molecular formula is C17H14N2O4S. The number of hydrogen-bond donors (Lipinski definition) is 2. The third-order valence-corrected chi connectivity index (χ3v) is 5.20. The van der Waals surface area contributed by atoms with Crippen LogP contribution in [0.3, 0.4) is 0 Å². The van der Waals surface area contributed by atoms with Gasteiger partial charge in [0.1, 0.15) is 0 Å². The minimum Gasteiger partial charge on any atom is -0.288 e. The number of para-hydroxylation sites is 1. The Morgan fingerprint density at radius 2 is 1.88 bits per heavy atom. The molecule has 0 saturated heterocycles. The molecule has 0 aliphatic heterocycles. The molecule has 1 heterocycles. The van der Waals surface area contributed by atoms with Gasteiger partial charge in [0, 0.05) is 17.7 Å². The van der Waals surface area contributed by atoms with Crippen LogP contribution < -0.4 is 5.48 Å². The molecule has 0 bridgehead atoms. The lowest BCUT2D eigenvalue weighted by molar-refractivity contribution is -0.124. The van der Waals surface area contributed by atoms with Crippen LogP contribution in [-0.2, 0) is 14.8 Å². The first-order valence-electron chi connectivity index (χ1n) is 7.06. The van der Waals surface area contributed by atoms with Crippen molar-refractivity contribution in [2.45, 2.75) is 4.90 Å². The molecule has 1 aromatic heterocycles. The predicted molar refractivity (Wildman–Crippen MR) is 89.9 cm³/mol. The van der Waals surface area contributed by atoms with Gasteiger partial charge in [0.25, 0.3) is 15.9 Å². The van der Waals surface area contributed by atoms with Crippen LogP contribution in [0.15, 0.2) is 71.8 Å². The van der Waals surface area contributed by atoms with Crippen molar-refractivity contribution < 1.29 is 18.4 Å². The number of rotatable bonds is 4. The largest absolute Gasteiger partial charge is 0.288 e. The Balaban J connectivity index is 2.04. The van der Waals surface area contributed by atoms with E-state index < -0.39 is 15.9 Å². The summed E-state index contributed by atoms with van der Waals surface area (Å²) in [5.74, 6) is -0.695. The standard InChI is InChI=1S/C17H14N2O4S/c20-17(18-21)9-8-13-4-3-6-15(12-13)24(22,23)19-11-10-14-5-1-2-7-16(14)19/h1-12,21H,(H,18,20)/b9-8+. The van der Waals surface area contributed by atoms with E-state index in [0.717, 1.165) is 11.5 Å². The predicted octanol–water partition coefficient (Wildman–Crippen LogP) is 2.40. The molecule has 2 aromatic carbocycles. The molecule has 24 heavy (non-hydrogen) atoms. The zero-order valence-electron chi connectivity index (χ0n) is 12.5. The Kier molecular flexibility index (Phi) is 4.20. The number of amides is 1. The molecule has 3 aromatic rings. The summed E-state index contributed by atoms with van der Waals surface area (Å²) in [6.07, 6.45) is 4.04. The van der Waals surface area contributed by atoms with E-state index in [1.54, 1.807) is 30.3 Å². The lowest BCUT2D eigenvalue weighted by Gasteiger charge is -2.08. The van der Waals surface area contributed by atoms with E-state index in [9.17, 15) is 13.2 Å². The van der Waals surface area contributed by atoms with E-state index in [1.165, 1.54) is 33.9 Å². The fourth-order valence-corrected chi connectivity index (χ4v) is 3.78. The van der Waals surface area contributed by atoms with Crippen molar-refractivity contribution in [1.29, 1.82) is 0 Å². The van der Waals surface area contributed by atoms with Gasteiger partial charge in [-0.2, -0.15) is 0 Å². The minimum absolute atomic E-state index is 0.107. The van der Waals surface area contributed by atoms with Crippen molar-refractivity contribution in [2.24, 2.45) is 0 Å². The Labute approximate surface area is 138 Å². The second-order valence-electron chi connectivity index (χ2n) is 5.06. The average molecular weight is 342 g/mol. The van der Waals surface area contributed by atoms with Crippen LogP contribution in [-0.4, -0.2) is 23.5 Å². The molecule has 1 amide bonds. The van der Waals surface area contributed by atoms with Crippen molar-refractivity contribution in [3.8, 4) is 0 Å². The number of carbonyl (C=O) groups excluding carboxylic acids is 1. The summed E-state index contributed by atoms with van der Waals surface area (Å²) in [4.78, 5) is 11.1. The van der Waals surface area contributed by atoms with Crippen LogP contribution in [0, 0.1) is 0 Å². The Bertz CT molecular complexity index is 1040. The van der Waals surface area contributed by atoms with Gasteiger partial charge in [0.15, 0.2) is 0 Å². The van der Waals surface area contributed by atoms with Gasteiger partial charge in [0.05, 0.1) is 10.4 Å². The van der Waals surface area contributed by atoms with Crippen LogP contribution >= 0.6 is 0 Å². The summed E-state index contributed by atoms with van der Waals surface area (Å²) < 4.78 is 27.0. The molecule has 0 aliphatic carbocycles. The number of benzene rings is 2. The van der Waals surface area contributed by atoms with Crippen molar-refractivity contribution in [1.82, 2.24) is 9.45 Å². The van der Waals surface area contributed by atoms with E-state index in [4.69, 9.17) is 5.21 Å². The lowest BCUT2D eigenvalue weighted by atomic mass is 10.2. The van der Waals surface area contributed by atoms with Gasteiger partial charge in [-0.05, 0) is 35.9 Å². The fourth-order valence-electron chi connectivity index (χ4n) is 2.37. The van der Waals surface area contributed by atoms with E-state index in [1.807, 2.05) is 12.1 Å². The molecule has 6 nitrogen and oxygen atoms in total. The van der Waals surface area contributed by atoms with Crippen LogP contribution in [0.5, 0.6) is 0 Å². The Hall–Kier alpha value is -2.90. The maximum atomic E-state index is 12.9. The van der Waals surface area contributed by atoms with Crippen LogP contribution in [0.1, 0.15) is 5.56 Å². The summed E-state index contributed by atoms with van der Waals surface area (Å²) in [7, 11) is -3.76. The highest BCUT2D eigenvalue weighted by Crippen LogP contribution is 2.22. The van der Waals surface area contributed by atoms with Gasteiger partial charge >= 0.3 is 0 Å². The van der Waals surface area contributed by atoms with Crippen LogP contribution in [0.2, 0.25) is 0 Å². The van der Waals surface area contributed by atoms with Gasteiger partial charge in [0.2, 0.25) is 0 Å². The number of hydrogen-bond acceptors (Lipinski definition) is 4. The van der Waals surface area contributed by atoms with Gasteiger partial charge in [-0.15, -0.1) is 0 Å².